The van der Waals surface area contributed by atoms with E-state index in [1.54, 1.807) is 27.9 Å². The molecule has 1 aromatic carbocycles. The highest BCUT2D eigenvalue weighted by molar-refractivity contribution is 7.91. The summed E-state index contributed by atoms with van der Waals surface area (Å²) in [7, 11) is -3.52. The normalized spacial score (nSPS) is 17.5. The maximum absolute atomic E-state index is 12.9. The fourth-order valence-electron chi connectivity index (χ4n) is 3.60. The summed E-state index contributed by atoms with van der Waals surface area (Å²) in [6, 6.07) is 8.67. The van der Waals surface area contributed by atoms with E-state index in [1.807, 2.05) is 26.0 Å². The van der Waals surface area contributed by atoms with Crippen molar-refractivity contribution in [2.45, 2.75) is 49.8 Å². The number of nitrogens with zero attached hydrogens (tertiary/aromatic N) is 1. The molecule has 0 aliphatic carbocycles. The molecule has 1 aliphatic rings. The molecule has 30 heavy (non-hydrogen) atoms. The number of aryl methyl sites for hydroxylation is 1. The van der Waals surface area contributed by atoms with Crippen molar-refractivity contribution in [3.63, 3.8) is 0 Å². The molecule has 2 N–H and O–H groups in total. The number of hydrogen-bond donors (Lipinski definition) is 2. The van der Waals surface area contributed by atoms with Gasteiger partial charge >= 0.3 is 11.8 Å². The van der Waals surface area contributed by atoms with E-state index < -0.39 is 21.8 Å². The molecule has 1 aliphatic heterocycles. The summed E-state index contributed by atoms with van der Waals surface area (Å²) >= 11 is 1.21. The van der Waals surface area contributed by atoms with Gasteiger partial charge in [0.05, 0.1) is 0 Å². The Morgan fingerprint density at radius 1 is 1.13 bits per heavy atom. The summed E-state index contributed by atoms with van der Waals surface area (Å²) in [4.78, 5) is 24.4. The average Bonchev–Trinajstić information content (AvgIpc) is 3.27. The molecule has 0 radical (unpaired) electrons. The molecule has 0 spiro atoms. The first-order valence-corrected chi connectivity index (χ1v) is 12.3. The minimum Gasteiger partial charge on any atom is -0.348 e. The van der Waals surface area contributed by atoms with Crippen molar-refractivity contribution in [2.24, 2.45) is 0 Å². The van der Waals surface area contributed by atoms with Crippen LogP contribution in [0.25, 0.3) is 0 Å². The van der Waals surface area contributed by atoms with E-state index in [0.29, 0.717) is 22.9 Å². The van der Waals surface area contributed by atoms with Gasteiger partial charge in [-0.3, -0.25) is 9.59 Å². The van der Waals surface area contributed by atoms with Gasteiger partial charge in [-0.15, -0.1) is 11.3 Å². The smallest absolute Gasteiger partial charge is 0.313 e. The third-order valence-corrected chi connectivity index (χ3v) is 8.78. The minimum atomic E-state index is -3.52. The molecule has 1 saturated heterocycles. The van der Waals surface area contributed by atoms with Crippen LogP contribution in [0.4, 0.5) is 5.69 Å². The average molecular weight is 450 g/mol. The first-order valence-electron chi connectivity index (χ1n) is 10.0. The van der Waals surface area contributed by atoms with Gasteiger partial charge in [-0.05, 0) is 61.7 Å². The molecule has 162 valence electrons. The lowest BCUT2D eigenvalue weighted by molar-refractivity contribution is -0.136. The molecule has 0 unspecified atom stereocenters. The Bertz CT molecular complexity index is 1000. The topological polar surface area (TPSA) is 95.6 Å². The Morgan fingerprint density at radius 2 is 1.93 bits per heavy atom. The summed E-state index contributed by atoms with van der Waals surface area (Å²) in [6.45, 7) is 4.53. The van der Waals surface area contributed by atoms with Crippen LogP contribution in [0.2, 0.25) is 0 Å². The van der Waals surface area contributed by atoms with Crippen LogP contribution in [-0.2, 0) is 19.6 Å². The predicted octanol–water partition coefficient (Wildman–Crippen LogP) is 3.05. The van der Waals surface area contributed by atoms with E-state index in [1.165, 1.54) is 11.3 Å². The molecule has 0 saturated carbocycles. The molecule has 1 aromatic heterocycles. The molecule has 3 rings (SSSR count). The number of hydrogen-bond acceptors (Lipinski definition) is 5. The summed E-state index contributed by atoms with van der Waals surface area (Å²) in [5.74, 6) is -1.45. The number of anilines is 1. The fourth-order valence-corrected chi connectivity index (χ4v) is 6.45. The SMILES string of the molecule is Cc1cccc(NC(=O)C(=O)NCC[C@H]2CCCCN2S(=O)(=O)c2cccs2)c1C. The number of amides is 2. The monoisotopic (exact) mass is 449 g/mol. The summed E-state index contributed by atoms with van der Waals surface area (Å²) < 4.78 is 27.7. The lowest BCUT2D eigenvalue weighted by Gasteiger charge is -2.34. The van der Waals surface area contributed by atoms with Crippen LogP contribution in [0, 0.1) is 13.8 Å². The van der Waals surface area contributed by atoms with Gasteiger partial charge in [0.15, 0.2) is 0 Å². The standard InChI is InChI=1S/C21H27N3O4S2/c1-15-7-5-9-18(16(15)2)23-21(26)20(25)22-12-11-17-8-3-4-13-24(17)30(27,28)19-10-6-14-29-19/h5-7,9-10,14,17H,3-4,8,11-13H2,1-2H3,(H,22,25)(H,23,26)/t17-/m1/s1. The largest absolute Gasteiger partial charge is 0.348 e. The maximum Gasteiger partial charge on any atom is 0.313 e. The quantitative estimate of drug-likeness (QED) is 0.663. The van der Waals surface area contributed by atoms with Gasteiger partial charge in [0, 0.05) is 24.8 Å². The van der Waals surface area contributed by atoms with Crippen LogP contribution in [0.1, 0.15) is 36.8 Å². The van der Waals surface area contributed by atoms with E-state index in [0.717, 1.165) is 30.4 Å². The van der Waals surface area contributed by atoms with Crippen LogP contribution < -0.4 is 10.6 Å². The Kier molecular flexibility index (Phi) is 7.27. The molecular weight excluding hydrogens is 422 g/mol. The zero-order valence-electron chi connectivity index (χ0n) is 17.2. The summed E-state index contributed by atoms with van der Waals surface area (Å²) in [6.07, 6.45) is 2.98. The van der Waals surface area contributed by atoms with Gasteiger partial charge in [-0.25, -0.2) is 8.42 Å². The maximum atomic E-state index is 12.9. The molecule has 2 aromatic rings. The number of nitrogens with one attached hydrogen (secondary N) is 2. The van der Waals surface area contributed by atoms with Crippen LogP contribution in [0.15, 0.2) is 39.9 Å². The van der Waals surface area contributed by atoms with Crippen molar-refractivity contribution in [3.8, 4) is 0 Å². The number of carbonyl (C=O) groups is 2. The Balaban J connectivity index is 1.56. The molecule has 1 atom stereocenters. The number of piperidine rings is 1. The lowest BCUT2D eigenvalue weighted by Crippen LogP contribution is -2.45. The van der Waals surface area contributed by atoms with Gasteiger partial charge in [0.1, 0.15) is 4.21 Å². The predicted molar refractivity (Wildman–Crippen MR) is 118 cm³/mol. The van der Waals surface area contributed by atoms with Crippen molar-refractivity contribution in [1.29, 1.82) is 0 Å². The zero-order valence-corrected chi connectivity index (χ0v) is 18.8. The number of benzene rings is 1. The Labute approximate surface area is 181 Å². The van der Waals surface area contributed by atoms with Crippen molar-refractivity contribution in [3.05, 3.63) is 46.8 Å². The highest BCUT2D eigenvalue weighted by Crippen LogP contribution is 2.29. The van der Waals surface area contributed by atoms with E-state index >= 15 is 0 Å². The first kappa shape index (κ1) is 22.5. The molecular formula is C21H27N3O4S2. The fraction of sp³-hybridized carbons (Fsp3) is 0.429. The van der Waals surface area contributed by atoms with Gasteiger partial charge in [0.25, 0.3) is 10.0 Å². The van der Waals surface area contributed by atoms with E-state index in [4.69, 9.17) is 0 Å². The highest BCUT2D eigenvalue weighted by atomic mass is 32.2. The van der Waals surface area contributed by atoms with Crippen molar-refractivity contribution >= 4 is 38.9 Å². The van der Waals surface area contributed by atoms with Crippen molar-refractivity contribution in [2.75, 3.05) is 18.4 Å². The van der Waals surface area contributed by atoms with Gasteiger partial charge in [-0.1, -0.05) is 24.6 Å². The first-order chi connectivity index (χ1) is 14.3. The third kappa shape index (κ3) is 5.08. The number of thiophene rings is 1. The van der Waals surface area contributed by atoms with E-state index in [9.17, 15) is 18.0 Å². The second kappa shape index (κ2) is 9.72. The molecule has 7 nitrogen and oxygen atoms in total. The molecule has 1 fully saturated rings. The van der Waals surface area contributed by atoms with Crippen LogP contribution in [0.3, 0.4) is 0 Å². The molecule has 2 amide bonds. The van der Waals surface area contributed by atoms with Crippen LogP contribution in [0.5, 0.6) is 0 Å². The number of sulfonamides is 1. The second-order valence-electron chi connectivity index (χ2n) is 7.44. The van der Waals surface area contributed by atoms with Crippen molar-refractivity contribution in [1.82, 2.24) is 9.62 Å². The minimum absolute atomic E-state index is 0.187. The Hall–Kier alpha value is -2.23. The van der Waals surface area contributed by atoms with Crippen LogP contribution in [-0.4, -0.2) is 43.7 Å². The Morgan fingerprint density at radius 3 is 2.67 bits per heavy atom. The van der Waals surface area contributed by atoms with Crippen LogP contribution >= 0.6 is 11.3 Å². The number of carbonyl (C=O) groups excluding carboxylic acids is 2. The molecule has 0 bridgehead atoms. The van der Waals surface area contributed by atoms with Gasteiger partial charge in [-0.2, -0.15) is 4.31 Å². The van der Waals surface area contributed by atoms with Crippen molar-refractivity contribution < 1.29 is 18.0 Å². The second-order valence-corrected chi connectivity index (χ2v) is 10.5. The van der Waals surface area contributed by atoms with Gasteiger partial charge < -0.3 is 10.6 Å². The zero-order chi connectivity index (χ0) is 21.7. The number of rotatable bonds is 6. The van der Waals surface area contributed by atoms with E-state index in [2.05, 4.69) is 10.6 Å². The third-order valence-electron chi connectivity index (χ3n) is 5.45. The molecule has 9 heteroatoms. The van der Waals surface area contributed by atoms with Gasteiger partial charge in [0.2, 0.25) is 0 Å². The van der Waals surface area contributed by atoms with E-state index in [-0.39, 0.29) is 12.6 Å². The summed E-state index contributed by atoms with van der Waals surface area (Å²) in [5, 5.41) is 7.01. The lowest BCUT2D eigenvalue weighted by atomic mass is 10.0. The molecule has 2 heterocycles. The summed E-state index contributed by atoms with van der Waals surface area (Å²) in [5.41, 5.74) is 2.54. The highest BCUT2D eigenvalue weighted by Gasteiger charge is 2.33.